The van der Waals surface area contributed by atoms with Crippen LogP contribution in [0.4, 0.5) is 0 Å². The minimum atomic E-state index is -1.18. The fourth-order valence-electron chi connectivity index (χ4n) is 2.03. The summed E-state index contributed by atoms with van der Waals surface area (Å²) in [5.41, 5.74) is 3.48. The summed E-state index contributed by atoms with van der Waals surface area (Å²) in [6, 6.07) is 9.83. The third kappa shape index (κ3) is 1.83. The lowest BCUT2D eigenvalue weighted by molar-refractivity contribution is 0.0682. The minimum Gasteiger partial charge on any atom is -0.475 e. The molecule has 3 heterocycles. The topological polar surface area (TPSA) is 80.4 Å². The number of carbonyl (C=O) groups is 1. The molecular weight excluding hydrogens is 244 g/mol. The molecule has 3 rings (SSSR count). The molecule has 0 fully saturated rings. The van der Waals surface area contributed by atoms with E-state index in [0.29, 0.717) is 5.69 Å². The van der Waals surface area contributed by atoms with Gasteiger partial charge < -0.3 is 9.51 Å². The lowest BCUT2D eigenvalue weighted by atomic mass is 10.3. The van der Waals surface area contributed by atoms with Gasteiger partial charge in [0.25, 0.3) is 5.82 Å². The van der Waals surface area contributed by atoms with Gasteiger partial charge in [-0.15, -0.1) is 10.2 Å². The third-order valence-electron chi connectivity index (χ3n) is 2.88. The van der Waals surface area contributed by atoms with Crippen molar-refractivity contribution in [2.24, 2.45) is 0 Å². The summed E-state index contributed by atoms with van der Waals surface area (Å²) >= 11 is 0. The van der Waals surface area contributed by atoms with Crippen molar-refractivity contribution in [3.05, 3.63) is 48.0 Å². The van der Waals surface area contributed by atoms with Crippen molar-refractivity contribution in [2.45, 2.75) is 6.92 Å². The van der Waals surface area contributed by atoms with E-state index in [1.165, 1.54) is 6.20 Å². The predicted molar refractivity (Wildman–Crippen MR) is 67.9 cm³/mol. The average Bonchev–Trinajstić information content (AvgIpc) is 2.84. The largest absolute Gasteiger partial charge is 0.475 e. The Morgan fingerprint density at radius 2 is 2.05 bits per heavy atom. The highest BCUT2D eigenvalue weighted by Crippen LogP contribution is 2.21. The highest BCUT2D eigenvalue weighted by Gasteiger charge is 2.11. The van der Waals surface area contributed by atoms with Crippen LogP contribution in [0.3, 0.4) is 0 Å². The quantitative estimate of drug-likeness (QED) is 0.754. The van der Waals surface area contributed by atoms with E-state index < -0.39 is 5.97 Å². The maximum absolute atomic E-state index is 10.7. The van der Waals surface area contributed by atoms with E-state index in [0.717, 1.165) is 16.9 Å². The summed E-state index contributed by atoms with van der Waals surface area (Å²) in [7, 11) is 0. The van der Waals surface area contributed by atoms with Crippen molar-refractivity contribution in [2.75, 3.05) is 0 Å². The number of hydrogen-bond donors (Lipinski definition) is 1. The van der Waals surface area contributed by atoms with Crippen LogP contribution in [0, 0.1) is 6.92 Å². The standard InChI is InChI=1S/C13H10N4O2/c1-8-3-2-4-9-5-6-11(17(8)9)10-7-14-12(13(18)19)16-15-10/h2-7H,1H3,(H,18,19). The molecule has 6 nitrogen and oxygen atoms in total. The Morgan fingerprint density at radius 3 is 2.74 bits per heavy atom. The minimum absolute atomic E-state index is 0.304. The summed E-state index contributed by atoms with van der Waals surface area (Å²) in [4.78, 5) is 14.5. The van der Waals surface area contributed by atoms with E-state index in [1.807, 2.05) is 41.7 Å². The Kier molecular flexibility index (Phi) is 2.49. The molecule has 0 saturated carbocycles. The summed E-state index contributed by atoms with van der Waals surface area (Å²) in [5, 5.41) is 16.3. The molecular formula is C13H10N4O2. The van der Waals surface area contributed by atoms with Crippen LogP contribution in [0.15, 0.2) is 36.5 Å². The summed E-state index contributed by atoms with van der Waals surface area (Å²) in [6.45, 7) is 1.99. The van der Waals surface area contributed by atoms with Gasteiger partial charge in [0.2, 0.25) is 0 Å². The van der Waals surface area contributed by atoms with E-state index >= 15 is 0 Å². The van der Waals surface area contributed by atoms with Crippen molar-refractivity contribution in [3.63, 3.8) is 0 Å². The van der Waals surface area contributed by atoms with E-state index in [4.69, 9.17) is 5.11 Å². The fourth-order valence-corrected chi connectivity index (χ4v) is 2.03. The number of aromatic nitrogens is 4. The molecule has 94 valence electrons. The van der Waals surface area contributed by atoms with Gasteiger partial charge in [-0.2, -0.15) is 0 Å². The highest BCUT2D eigenvalue weighted by molar-refractivity contribution is 5.82. The number of pyridine rings is 1. The van der Waals surface area contributed by atoms with Gasteiger partial charge in [-0.05, 0) is 31.2 Å². The zero-order valence-corrected chi connectivity index (χ0v) is 10.1. The Hall–Kier alpha value is -2.76. The Morgan fingerprint density at radius 1 is 1.21 bits per heavy atom. The predicted octanol–water partition coefficient (Wildman–Crippen LogP) is 1.80. The van der Waals surface area contributed by atoms with Crippen LogP contribution in [0.2, 0.25) is 0 Å². The van der Waals surface area contributed by atoms with Crippen molar-refractivity contribution in [3.8, 4) is 11.4 Å². The van der Waals surface area contributed by atoms with Crippen molar-refractivity contribution >= 4 is 11.5 Å². The second kappa shape index (κ2) is 4.16. The van der Waals surface area contributed by atoms with Crippen LogP contribution in [-0.2, 0) is 0 Å². The number of rotatable bonds is 2. The second-order valence-corrected chi connectivity index (χ2v) is 4.12. The molecule has 1 N–H and O–H groups in total. The van der Waals surface area contributed by atoms with Gasteiger partial charge in [-0.25, -0.2) is 9.78 Å². The summed E-state index contributed by atoms with van der Waals surface area (Å²) < 4.78 is 2.02. The lowest BCUT2D eigenvalue weighted by Gasteiger charge is -2.05. The van der Waals surface area contributed by atoms with Gasteiger partial charge in [-0.1, -0.05) is 6.07 Å². The molecule has 0 saturated heterocycles. The van der Waals surface area contributed by atoms with Crippen molar-refractivity contribution in [1.82, 2.24) is 19.6 Å². The van der Waals surface area contributed by atoms with Gasteiger partial charge in [-0.3, -0.25) is 0 Å². The first-order valence-electron chi connectivity index (χ1n) is 5.67. The number of hydrogen-bond acceptors (Lipinski definition) is 4. The van der Waals surface area contributed by atoms with E-state index in [2.05, 4.69) is 15.2 Å². The molecule has 0 bridgehead atoms. The Balaban J connectivity index is 2.16. The van der Waals surface area contributed by atoms with Gasteiger partial charge in [0.15, 0.2) is 0 Å². The van der Waals surface area contributed by atoms with Crippen LogP contribution in [0.1, 0.15) is 16.3 Å². The van der Waals surface area contributed by atoms with E-state index in [-0.39, 0.29) is 5.82 Å². The maximum atomic E-state index is 10.7. The monoisotopic (exact) mass is 254 g/mol. The van der Waals surface area contributed by atoms with E-state index in [9.17, 15) is 4.79 Å². The zero-order valence-electron chi connectivity index (χ0n) is 10.1. The molecule has 0 aliphatic carbocycles. The van der Waals surface area contributed by atoms with E-state index in [1.54, 1.807) is 0 Å². The SMILES string of the molecule is Cc1cccc2ccc(-c3cnc(C(=O)O)nn3)n12. The van der Waals surface area contributed by atoms with Crippen LogP contribution >= 0.6 is 0 Å². The molecule has 0 atom stereocenters. The van der Waals surface area contributed by atoms with Gasteiger partial charge in [0.05, 0.1) is 11.9 Å². The zero-order chi connectivity index (χ0) is 13.4. The van der Waals surface area contributed by atoms with Gasteiger partial charge in [0.1, 0.15) is 5.69 Å². The van der Waals surface area contributed by atoms with Crippen LogP contribution < -0.4 is 0 Å². The molecule has 0 aliphatic heterocycles. The van der Waals surface area contributed by atoms with Gasteiger partial charge >= 0.3 is 5.97 Å². The van der Waals surface area contributed by atoms with Crippen LogP contribution in [0.25, 0.3) is 16.9 Å². The molecule has 6 heteroatoms. The molecule has 0 spiro atoms. The number of aromatic carboxylic acids is 1. The molecule has 0 radical (unpaired) electrons. The van der Waals surface area contributed by atoms with Crippen LogP contribution in [-0.4, -0.2) is 30.7 Å². The maximum Gasteiger partial charge on any atom is 0.375 e. The molecule has 3 aromatic rings. The highest BCUT2D eigenvalue weighted by atomic mass is 16.4. The smallest absolute Gasteiger partial charge is 0.375 e. The Bertz CT molecular complexity index is 762. The third-order valence-corrected chi connectivity index (χ3v) is 2.88. The number of carboxylic acids is 1. The van der Waals surface area contributed by atoms with Crippen molar-refractivity contribution < 1.29 is 9.90 Å². The first-order chi connectivity index (χ1) is 9.16. The summed E-state index contributed by atoms with van der Waals surface area (Å²) in [6.07, 6.45) is 1.42. The molecule has 0 unspecified atom stereocenters. The first-order valence-corrected chi connectivity index (χ1v) is 5.67. The average molecular weight is 254 g/mol. The molecule has 19 heavy (non-hydrogen) atoms. The lowest BCUT2D eigenvalue weighted by Crippen LogP contribution is -2.06. The number of carboxylic acid groups (broad SMARTS) is 1. The number of fused-ring (bicyclic) bond motifs is 1. The molecule has 0 amide bonds. The molecule has 3 aromatic heterocycles. The van der Waals surface area contributed by atoms with Crippen LogP contribution in [0.5, 0.6) is 0 Å². The number of aryl methyl sites for hydroxylation is 1. The van der Waals surface area contributed by atoms with Gasteiger partial charge in [0, 0.05) is 11.2 Å². The molecule has 0 aromatic carbocycles. The number of nitrogens with zero attached hydrogens (tertiary/aromatic N) is 4. The van der Waals surface area contributed by atoms with Crippen molar-refractivity contribution in [1.29, 1.82) is 0 Å². The normalized spacial score (nSPS) is 10.8. The molecule has 0 aliphatic rings. The first kappa shape index (κ1) is 11.3. The summed E-state index contributed by atoms with van der Waals surface area (Å²) in [5.74, 6) is -1.49. The Labute approximate surface area is 108 Å². The fraction of sp³-hybridized carbons (Fsp3) is 0.0769. The second-order valence-electron chi connectivity index (χ2n) is 4.12.